The van der Waals surface area contributed by atoms with Crippen molar-refractivity contribution in [1.82, 2.24) is 5.32 Å². The lowest BCUT2D eigenvalue weighted by Gasteiger charge is -2.54. The minimum Gasteiger partial charge on any atom is -0.453 e. The summed E-state index contributed by atoms with van der Waals surface area (Å²) in [5, 5.41) is 22.6. The lowest BCUT2D eigenvalue weighted by Crippen LogP contribution is -2.80. The molecule has 0 aromatic heterocycles. The minimum absolute atomic E-state index is 0.0191. The molecule has 0 radical (unpaired) electrons. The number of carbonyl (C=O) groups is 2. The van der Waals surface area contributed by atoms with E-state index in [0.29, 0.717) is 12.8 Å². The molecular weight excluding hydrogens is 286 g/mol. The van der Waals surface area contributed by atoms with Gasteiger partial charge in [-0.2, -0.15) is 0 Å². The number of hydrogen-bond acceptors (Lipinski definition) is 5. The van der Waals surface area contributed by atoms with E-state index in [-0.39, 0.29) is 18.4 Å². The number of nitrogens with one attached hydrogen (secondary N) is 1. The Bertz CT molecular complexity index is 519. The van der Waals surface area contributed by atoms with Crippen LogP contribution >= 0.6 is 0 Å². The third kappa shape index (κ3) is 1.86. The maximum atomic E-state index is 12.3. The van der Waals surface area contributed by atoms with Gasteiger partial charge in [0.1, 0.15) is 0 Å². The van der Waals surface area contributed by atoms with Crippen LogP contribution < -0.4 is 5.32 Å². The van der Waals surface area contributed by atoms with Crippen LogP contribution in [0, 0.1) is 11.8 Å². The smallest absolute Gasteiger partial charge is 0.339 e. The SMILES string of the molecule is C[C@@]12OC(=O)[C@]1([C@@H](O)[C@@H]1C=CCCC1)NC(=O)[C@@H]2CCCO. The second kappa shape index (κ2) is 5.35. The lowest BCUT2D eigenvalue weighted by atomic mass is 9.64. The molecule has 6 nitrogen and oxygen atoms in total. The number of fused-ring (bicyclic) bond motifs is 1. The van der Waals surface area contributed by atoms with Gasteiger partial charge in [0.25, 0.3) is 0 Å². The van der Waals surface area contributed by atoms with E-state index in [1.807, 2.05) is 12.2 Å². The number of carbonyl (C=O) groups excluding carboxylic acids is 2. The number of amides is 1. The first-order chi connectivity index (χ1) is 10.5. The normalized spacial score (nSPS) is 41.4. The Hall–Kier alpha value is -1.40. The average molecular weight is 309 g/mol. The Morgan fingerprint density at radius 3 is 2.86 bits per heavy atom. The molecule has 3 rings (SSSR count). The molecule has 1 amide bonds. The summed E-state index contributed by atoms with van der Waals surface area (Å²) in [4.78, 5) is 24.5. The van der Waals surface area contributed by atoms with Crippen molar-refractivity contribution in [3.05, 3.63) is 12.2 Å². The van der Waals surface area contributed by atoms with Crippen LogP contribution in [-0.2, 0) is 14.3 Å². The van der Waals surface area contributed by atoms with Crippen LogP contribution in [0.2, 0.25) is 0 Å². The first kappa shape index (κ1) is 15.5. The summed E-state index contributed by atoms with van der Waals surface area (Å²) in [5.74, 6) is -1.51. The third-order valence-electron chi connectivity index (χ3n) is 5.50. The number of allylic oxidation sites excluding steroid dienone is 1. The van der Waals surface area contributed by atoms with E-state index in [2.05, 4.69) is 5.32 Å². The van der Waals surface area contributed by atoms with E-state index in [0.717, 1.165) is 19.3 Å². The van der Waals surface area contributed by atoms with E-state index in [4.69, 9.17) is 9.84 Å². The fraction of sp³-hybridized carbons (Fsp3) is 0.750. The number of aliphatic hydroxyl groups is 2. The molecule has 0 bridgehead atoms. The van der Waals surface area contributed by atoms with E-state index in [9.17, 15) is 14.7 Å². The molecule has 6 heteroatoms. The summed E-state index contributed by atoms with van der Waals surface area (Å²) in [7, 11) is 0. The van der Waals surface area contributed by atoms with Gasteiger partial charge >= 0.3 is 5.97 Å². The fourth-order valence-corrected chi connectivity index (χ4v) is 4.18. The van der Waals surface area contributed by atoms with Gasteiger partial charge in [0, 0.05) is 12.5 Å². The summed E-state index contributed by atoms with van der Waals surface area (Å²) >= 11 is 0. The van der Waals surface area contributed by atoms with E-state index in [1.54, 1.807) is 6.92 Å². The molecule has 0 aromatic rings. The van der Waals surface area contributed by atoms with E-state index < -0.39 is 29.1 Å². The van der Waals surface area contributed by atoms with Crippen molar-refractivity contribution in [2.24, 2.45) is 11.8 Å². The highest BCUT2D eigenvalue weighted by molar-refractivity contribution is 6.01. The van der Waals surface area contributed by atoms with Gasteiger partial charge in [-0.1, -0.05) is 12.2 Å². The standard InChI is InChI=1S/C16H23NO5/c1-15-11(8-5-9-18)13(20)17-16(15,14(21)22-15)12(19)10-6-3-2-4-7-10/h3,6,10-12,18-19H,2,4-5,7-9H2,1H3,(H,17,20)/t10-,11+,12+,15+,16+/m1/s1. The molecule has 2 fully saturated rings. The van der Waals surface area contributed by atoms with Crippen molar-refractivity contribution < 1.29 is 24.5 Å². The summed E-state index contributed by atoms with van der Waals surface area (Å²) in [6.45, 7) is 1.69. The van der Waals surface area contributed by atoms with Crippen molar-refractivity contribution in [3.63, 3.8) is 0 Å². The molecule has 3 aliphatic rings. The highest BCUT2D eigenvalue weighted by Crippen LogP contribution is 2.53. The zero-order valence-corrected chi connectivity index (χ0v) is 12.7. The van der Waals surface area contributed by atoms with Crippen LogP contribution in [0.1, 0.15) is 39.0 Å². The van der Waals surface area contributed by atoms with Gasteiger partial charge in [-0.15, -0.1) is 0 Å². The number of hydrogen-bond donors (Lipinski definition) is 3. The van der Waals surface area contributed by atoms with Gasteiger partial charge in [0.2, 0.25) is 11.4 Å². The molecule has 1 aliphatic carbocycles. The second-order valence-corrected chi connectivity index (χ2v) is 6.68. The maximum absolute atomic E-state index is 12.3. The van der Waals surface area contributed by atoms with Gasteiger partial charge in [-0.25, -0.2) is 4.79 Å². The Labute approximate surface area is 129 Å². The zero-order chi connectivity index (χ0) is 16.0. The third-order valence-corrected chi connectivity index (χ3v) is 5.50. The number of ether oxygens (including phenoxy) is 1. The van der Waals surface area contributed by atoms with E-state index >= 15 is 0 Å². The lowest BCUT2D eigenvalue weighted by molar-refractivity contribution is -0.238. The molecule has 2 saturated heterocycles. The highest BCUT2D eigenvalue weighted by atomic mass is 16.6. The maximum Gasteiger partial charge on any atom is 0.339 e. The van der Waals surface area contributed by atoms with Crippen LogP contribution in [0.15, 0.2) is 12.2 Å². The van der Waals surface area contributed by atoms with Gasteiger partial charge in [-0.05, 0) is 39.0 Å². The molecule has 0 spiro atoms. The molecule has 5 atom stereocenters. The molecule has 2 aliphatic heterocycles. The summed E-state index contributed by atoms with van der Waals surface area (Å²) in [5.41, 5.74) is -2.39. The van der Waals surface area contributed by atoms with Crippen LogP contribution in [0.5, 0.6) is 0 Å². The molecule has 22 heavy (non-hydrogen) atoms. The topological polar surface area (TPSA) is 95.9 Å². The minimum atomic E-state index is -1.35. The average Bonchev–Trinajstić information content (AvgIpc) is 2.69. The van der Waals surface area contributed by atoms with Gasteiger partial charge in [0.15, 0.2) is 5.60 Å². The number of esters is 1. The predicted molar refractivity (Wildman–Crippen MR) is 77.7 cm³/mol. The molecule has 0 saturated carbocycles. The molecule has 0 unspecified atom stereocenters. The first-order valence-electron chi connectivity index (χ1n) is 7.98. The van der Waals surface area contributed by atoms with Crippen molar-refractivity contribution in [1.29, 1.82) is 0 Å². The monoisotopic (exact) mass is 309 g/mol. The highest BCUT2D eigenvalue weighted by Gasteiger charge is 2.79. The molecule has 0 aromatic carbocycles. The second-order valence-electron chi connectivity index (χ2n) is 6.68. The quantitative estimate of drug-likeness (QED) is 0.501. The summed E-state index contributed by atoms with van der Waals surface area (Å²) in [6, 6.07) is 0. The van der Waals surface area contributed by atoms with Gasteiger partial charge in [-0.3, -0.25) is 4.79 Å². The molecule has 2 heterocycles. The summed E-state index contributed by atoms with van der Waals surface area (Å²) < 4.78 is 5.36. The van der Waals surface area contributed by atoms with Crippen LogP contribution in [0.4, 0.5) is 0 Å². The van der Waals surface area contributed by atoms with Gasteiger partial charge in [0.05, 0.1) is 12.0 Å². The van der Waals surface area contributed by atoms with Crippen molar-refractivity contribution in [2.45, 2.75) is 56.3 Å². The van der Waals surface area contributed by atoms with Gasteiger partial charge < -0.3 is 20.3 Å². The summed E-state index contributed by atoms with van der Waals surface area (Å²) in [6.07, 6.45) is 6.57. The van der Waals surface area contributed by atoms with Crippen LogP contribution in [0.3, 0.4) is 0 Å². The zero-order valence-electron chi connectivity index (χ0n) is 12.7. The number of rotatable bonds is 5. The van der Waals surface area contributed by atoms with Crippen molar-refractivity contribution in [2.75, 3.05) is 6.61 Å². The Kier molecular flexibility index (Phi) is 3.77. The fourth-order valence-electron chi connectivity index (χ4n) is 4.18. The van der Waals surface area contributed by atoms with Crippen molar-refractivity contribution in [3.8, 4) is 0 Å². The Balaban J connectivity index is 1.90. The Morgan fingerprint density at radius 2 is 2.27 bits per heavy atom. The van der Waals surface area contributed by atoms with Crippen molar-refractivity contribution >= 4 is 11.9 Å². The predicted octanol–water partition coefficient (Wildman–Crippen LogP) is 0.276. The molecule has 122 valence electrons. The van der Waals surface area contributed by atoms with Crippen LogP contribution in [-0.4, -0.2) is 45.9 Å². The number of aliphatic hydroxyl groups excluding tert-OH is 2. The Morgan fingerprint density at radius 1 is 1.50 bits per heavy atom. The largest absolute Gasteiger partial charge is 0.453 e. The first-order valence-corrected chi connectivity index (χ1v) is 7.98. The molecule has 3 N–H and O–H groups in total. The molecular formula is C16H23NO5. The van der Waals surface area contributed by atoms with Crippen LogP contribution in [0.25, 0.3) is 0 Å². The van der Waals surface area contributed by atoms with E-state index in [1.165, 1.54) is 0 Å².